The highest BCUT2D eigenvalue weighted by Gasteiger charge is 2.19. The summed E-state index contributed by atoms with van der Waals surface area (Å²) in [5, 5.41) is 0. The van der Waals surface area contributed by atoms with Gasteiger partial charge in [-0.1, -0.05) is 13.8 Å². The van der Waals surface area contributed by atoms with Crippen molar-refractivity contribution in [2.75, 3.05) is 43.9 Å². The van der Waals surface area contributed by atoms with E-state index in [4.69, 9.17) is 5.73 Å². The van der Waals surface area contributed by atoms with E-state index in [9.17, 15) is 0 Å². The van der Waals surface area contributed by atoms with Crippen molar-refractivity contribution in [3.63, 3.8) is 0 Å². The zero-order valence-electron chi connectivity index (χ0n) is 11.4. The van der Waals surface area contributed by atoms with Crippen LogP contribution in [0, 0.1) is 0 Å². The number of nitrogens with two attached hydrogens (primary N) is 1. The van der Waals surface area contributed by atoms with Gasteiger partial charge in [0.1, 0.15) is 5.82 Å². The molecule has 2 heterocycles. The number of anilines is 2. The molecule has 1 atom stereocenters. The van der Waals surface area contributed by atoms with Crippen LogP contribution >= 0.6 is 0 Å². The molecule has 0 saturated carbocycles. The van der Waals surface area contributed by atoms with E-state index in [1.807, 2.05) is 0 Å². The summed E-state index contributed by atoms with van der Waals surface area (Å²) in [6.07, 6.45) is 1.01. The summed E-state index contributed by atoms with van der Waals surface area (Å²) in [5.74, 6) is 2.18. The molecule has 1 aliphatic rings. The molecule has 1 aromatic heterocycles. The Hall–Kier alpha value is -1.43. The zero-order valence-corrected chi connectivity index (χ0v) is 11.4. The molecule has 0 bridgehead atoms. The van der Waals surface area contributed by atoms with Crippen LogP contribution in [-0.4, -0.2) is 53.1 Å². The molecule has 0 radical (unpaired) electrons. The van der Waals surface area contributed by atoms with Gasteiger partial charge in [-0.3, -0.25) is 0 Å². The van der Waals surface area contributed by atoms with Crippen LogP contribution in [0.15, 0.2) is 0 Å². The molecule has 0 aliphatic carbocycles. The molecule has 100 valence electrons. The summed E-state index contributed by atoms with van der Waals surface area (Å²) in [5.41, 5.74) is 5.79. The topological polar surface area (TPSA) is 71.2 Å². The van der Waals surface area contributed by atoms with Crippen LogP contribution in [0.1, 0.15) is 32.0 Å². The SMILES string of the molecule is CCC(C)c1nc(N)nc(N2CCN(C)CC2)n1. The lowest BCUT2D eigenvalue weighted by Gasteiger charge is -2.32. The van der Waals surface area contributed by atoms with Crippen molar-refractivity contribution >= 4 is 11.9 Å². The molecule has 18 heavy (non-hydrogen) atoms. The Kier molecular flexibility index (Phi) is 3.96. The van der Waals surface area contributed by atoms with Crippen molar-refractivity contribution in [3.05, 3.63) is 5.82 Å². The Morgan fingerprint density at radius 2 is 1.83 bits per heavy atom. The van der Waals surface area contributed by atoms with Crippen molar-refractivity contribution in [1.82, 2.24) is 19.9 Å². The molecule has 2 rings (SSSR count). The van der Waals surface area contributed by atoms with Crippen LogP contribution in [0.25, 0.3) is 0 Å². The van der Waals surface area contributed by atoms with Gasteiger partial charge in [-0.15, -0.1) is 0 Å². The maximum absolute atomic E-state index is 5.79. The average Bonchev–Trinajstić information content (AvgIpc) is 2.38. The highest BCUT2D eigenvalue weighted by molar-refractivity contribution is 5.35. The Morgan fingerprint density at radius 1 is 1.17 bits per heavy atom. The second-order valence-corrected chi connectivity index (χ2v) is 4.95. The molecule has 2 N–H and O–H groups in total. The van der Waals surface area contributed by atoms with Gasteiger partial charge in [0.05, 0.1) is 0 Å². The molecule has 0 amide bonds. The van der Waals surface area contributed by atoms with Crippen LogP contribution in [0.5, 0.6) is 0 Å². The fourth-order valence-corrected chi connectivity index (χ4v) is 1.95. The number of hydrogen-bond donors (Lipinski definition) is 1. The largest absolute Gasteiger partial charge is 0.368 e. The summed E-state index contributed by atoms with van der Waals surface area (Å²) in [7, 11) is 2.13. The molecule has 1 unspecified atom stereocenters. The van der Waals surface area contributed by atoms with Crippen LogP contribution in [0.4, 0.5) is 11.9 Å². The van der Waals surface area contributed by atoms with Crippen molar-refractivity contribution in [2.24, 2.45) is 0 Å². The third-order valence-electron chi connectivity index (χ3n) is 3.50. The van der Waals surface area contributed by atoms with Gasteiger partial charge < -0.3 is 15.5 Å². The van der Waals surface area contributed by atoms with Gasteiger partial charge in [-0.2, -0.15) is 15.0 Å². The number of nitrogen functional groups attached to an aromatic ring is 1. The number of nitrogens with zero attached hydrogens (tertiary/aromatic N) is 5. The standard InChI is InChI=1S/C12H22N6/c1-4-9(2)10-14-11(13)16-12(15-10)18-7-5-17(3)6-8-18/h9H,4-8H2,1-3H3,(H2,13,14,15,16). The second-order valence-electron chi connectivity index (χ2n) is 4.95. The molecule has 6 heteroatoms. The molecule has 0 spiro atoms. The fourth-order valence-electron chi connectivity index (χ4n) is 1.95. The van der Waals surface area contributed by atoms with E-state index >= 15 is 0 Å². The van der Waals surface area contributed by atoms with Crippen LogP contribution in [-0.2, 0) is 0 Å². The maximum Gasteiger partial charge on any atom is 0.230 e. The van der Waals surface area contributed by atoms with E-state index in [0.29, 0.717) is 11.9 Å². The first-order valence-corrected chi connectivity index (χ1v) is 6.55. The highest BCUT2D eigenvalue weighted by Crippen LogP contribution is 2.18. The summed E-state index contributed by atoms with van der Waals surface area (Å²) in [6, 6.07) is 0. The summed E-state index contributed by atoms with van der Waals surface area (Å²) < 4.78 is 0. The summed E-state index contributed by atoms with van der Waals surface area (Å²) in [4.78, 5) is 17.5. The minimum absolute atomic E-state index is 0.321. The van der Waals surface area contributed by atoms with Gasteiger partial charge in [-0.05, 0) is 13.5 Å². The molecule has 1 fully saturated rings. The number of hydrogen-bond acceptors (Lipinski definition) is 6. The molecule has 1 saturated heterocycles. The monoisotopic (exact) mass is 250 g/mol. The van der Waals surface area contributed by atoms with E-state index in [-0.39, 0.29) is 0 Å². The molecule has 1 aromatic rings. The lowest BCUT2D eigenvalue weighted by molar-refractivity contribution is 0.311. The fraction of sp³-hybridized carbons (Fsp3) is 0.750. The molecular formula is C12H22N6. The number of piperazine rings is 1. The first-order valence-electron chi connectivity index (χ1n) is 6.55. The van der Waals surface area contributed by atoms with Crippen molar-refractivity contribution in [1.29, 1.82) is 0 Å². The number of rotatable bonds is 3. The summed E-state index contributed by atoms with van der Waals surface area (Å²) >= 11 is 0. The third kappa shape index (κ3) is 2.87. The maximum atomic E-state index is 5.79. The first-order chi connectivity index (χ1) is 8.60. The Morgan fingerprint density at radius 3 is 2.44 bits per heavy atom. The van der Waals surface area contributed by atoms with E-state index < -0.39 is 0 Å². The number of aromatic nitrogens is 3. The highest BCUT2D eigenvalue weighted by atomic mass is 15.3. The minimum Gasteiger partial charge on any atom is -0.368 e. The van der Waals surface area contributed by atoms with Gasteiger partial charge in [0, 0.05) is 32.1 Å². The normalized spacial score (nSPS) is 18.9. The predicted octanol–water partition coefficient (Wildman–Crippen LogP) is 0.719. The Balaban J connectivity index is 2.19. The second kappa shape index (κ2) is 5.48. The van der Waals surface area contributed by atoms with Crippen LogP contribution in [0.2, 0.25) is 0 Å². The predicted molar refractivity (Wildman–Crippen MR) is 72.7 cm³/mol. The molecular weight excluding hydrogens is 228 g/mol. The molecule has 1 aliphatic heterocycles. The van der Waals surface area contributed by atoms with Crippen molar-refractivity contribution in [2.45, 2.75) is 26.2 Å². The lowest BCUT2D eigenvalue weighted by atomic mass is 10.1. The molecule has 6 nitrogen and oxygen atoms in total. The van der Waals surface area contributed by atoms with Gasteiger partial charge in [0.2, 0.25) is 11.9 Å². The Bertz CT molecular complexity index is 400. The Labute approximate surface area is 108 Å². The molecule has 0 aromatic carbocycles. The van der Waals surface area contributed by atoms with Gasteiger partial charge in [0.15, 0.2) is 0 Å². The van der Waals surface area contributed by atoms with E-state index in [1.165, 1.54) is 0 Å². The van der Waals surface area contributed by atoms with Gasteiger partial charge >= 0.3 is 0 Å². The quantitative estimate of drug-likeness (QED) is 0.852. The third-order valence-corrected chi connectivity index (χ3v) is 3.50. The summed E-state index contributed by atoms with van der Waals surface area (Å²) in [6.45, 7) is 8.19. The van der Waals surface area contributed by atoms with Gasteiger partial charge in [0.25, 0.3) is 0 Å². The van der Waals surface area contributed by atoms with E-state index in [1.54, 1.807) is 0 Å². The van der Waals surface area contributed by atoms with Gasteiger partial charge in [-0.25, -0.2) is 0 Å². The van der Waals surface area contributed by atoms with Crippen molar-refractivity contribution in [3.8, 4) is 0 Å². The zero-order chi connectivity index (χ0) is 13.1. The smallest absolute Gasteiger partial charge is 0.230 e. The number of likely N-dealkylation sites (N-methyl/N-ethyl adjacent to an activating group) is 1. The first kappa shape index (κ1) is 13.0. The minimum atomic E-state index is 0.321. The average molecular weight is 250 g/mol. The van der Waals surface area contributed by atoms with Crippen molar-refractivity contribution < 1.29 is 0 Å². The van der Waals surface area contributed by atoms with E-state index in [0.717, 1.165) is 44.4 Å². The van der Waals surface area contributed by atoms with E-state index in [2.05, 4.69) is 45.6 Å². The van der Waals surface area contributed by atoms with Crippen LogP contribution < -0.4 is 10.6 Å². The lowest BCUT2D eigenvalue weighted by Crippen LogP contribution is -2.45. The van der Waals surface area contributed by atoms with Crippen LogP contribution in [0.3, 0.4) is 0 Å².